The summed E-state index contributed by atoms with van der Waals surface area (Å²) in [6, 6.07) is 8.98. The molecule has 0 unspecified atom stereocenters. The van der Waals surface area contributed by atoms with Crippen molar-refractivity contribution in [1.82, 2.24) is 0 Å². The van der Waals surface area contributed by atoms with Crippen LogP contribution in [0.4, 0.5) is 0 Å². The number of carboxylic acid groups (broad SMARTS) is 1. The molecule has 0 bridgehead atoms. The Morgan fingerprint density at radius 2 is 2.00 bits per heavy atom. The second-order valence-electron chi connectivity index (χ2n) is 6.26. The van der Waals surface area contributed by atoms with E-state index in [1.54, 1.807) is 30.4 Å². The number of rotatable bonds is 7. The molecule has 0 aromatic heterocycles. The van der Waals surface area contributed by atoms with Crippen molar-refractivity contribution < 1.29 is 15.0 Å². The Hall–Kier alpha value is -2.12. The zero-order valence-corrected chi connectivity index (χ0v) is 13.6. The Bertz CT molecular complexity index is 651. The van der Waals surface area contributed by atoms with Crippen molar-refractivity contribution in [3.63, 3.8) is 0 Å². The van der Waals surface area contributed by atoms with Gasteiger partial charge in [0.1, 0.15) is 5.60 Å². The molecule has 2 rings (SSSR count). The Morgan fingerprint density at radius 3 is 2.48 bits per heavy atom. The van der Waals surface area contributed by atoms with Crippen LogP contribution in [0.25, 0.3) is 6.08 Å². The monoisotopic (exact) mass is 313 g/mol. The molecule has 1 saturated carbocycles. The van der Waals surface area contributed by atoms with Gasteiger partial charge in [-0.15, -0.1) is 0 Å². The van der Waals surface area contributed by atoms with Crippen LogP contribution in [0, 0.1) is 22.7 Å². The highest BCUT2D eigenvalue weighted by molar-refractivity contribution is 5.92. The lowest BCUT2D eigenvalue weighted by molar-refractivity contribution is -0.0209. The minimum atomic E-state index is -1.23. The van der Waals surface area contributed by atoms with Crippen molar-refractivity contribution in [3.05, 3.63) is 41.5 Å². The third kappa shape index (κ3) is 3.02. The molecule has 0 aliphatic heterocycles. The molecule has 0 amide bonds. The van der Waals surface area contributed by atoms with E-state index in [1.165, 1.54) is 6.07 Å². The van der Waals surface area contributed by atoms with Crippen molar-refractivity contribution in [2.75, 3.05) is 0 Å². The smallest absolute Gasteiger partial charge is 0.336 e. The second kappa shape index (κ2) is 6.55. The normalized spacial score (nSPS) is 18.6. The van der Waals surface area contributed by atoms with E-state index in [0.717, 1.165) is 12.8 Å². The lowest BCUT2D eigenvalue weighted by Crippen LogP contribution is -2.44. The van der Waals surface area contributed by atoms with E-state index in [2.05, 4.69) is 6.07 Å². The number of nitriles is 1. The average Bonchev–Trinajstić information content (AvgIpc) is 3.35. The van der Waals surface area contributed by atoms with E-state index in [-0.39, 0.29) is 11.5 Å². The molecule has 23 heavy (non-hydrogen) atoms. The van der Waals surface area contributed by atoms with Crippen LogP contribution >= 0.6 is 0 Å². The largest absolute Gasteiger partial charge is 0.478 e. The molecule has 2 N–H and O–H groups in total. The van der Waals surface area contributed by atoms with Gasteiger partial charge >= 0.3 is 5.97 Å². The van der Waals surface area contributed by atoms with E-state index in [1.807, 2.05) is 13.8 Å². The number of aliphatic hydroxyl groups is 1. The van der Waals surface area contributed by atoms with E-state index in [9.17, 15) is 20.3 Å². The number of carbonyl (C=O) groups is 1. The van der Waals surface area contributed by atoms with Crippen LogP contribution in [-0.2, 0) is 0 Å². The molecule has 1 aromatic carbocycles. The molecule has 0 saturated heterocycles. The highest BCUT2D eigenvalue weighted by Crippen LogP contribution is 2.58. The maximum Gasteiger partial charge on any atom is 0.336 e. The lowest BCUT2D eigenvalue weighted by Gasteiger charge is -2.37. The topological polar surface area (TPSA) is 81.3 Å². The molecule has 1 aliphatic carbocycles. The Labute approximate surface area is 137 Å². The van der Waals surface area contributed by atoms with Gasteiger partial charge < -0.3 is 10.2 Å². The maximum atomic E-state index is 11.3. The quantitative estimate of drug-likeness (QED) is 0.800. The van der Waals surface area contributed by atoms with Gasteiger partial charge in [0.15, 0.2) is 0 Å². The standard InChI is InChI=1S/C19H23NO3/c1-3-15(4-2)19(23,18(13-20)11-12-18)10-9-14-7-5-6-8-16(14)17(21)22/h5-10,15,23H,3-4,11-12H2,1-2H3,(H,21,22)/b10-9+/t19-/m0/s1. The fourth-order valence-corrected chi connectivity index (χ4v) is 3.38. The maximum absolute atomic E-state index is 11.3. The predicted molar refractivity (Wildman–Crippen MR) is 88.7 cm³/mol. The number of nitrogens with zero attached hydrogens (tertiary/aromatic N) is 1. The van der Waals surface area contributed by atoms with Gasteiger partial charge in [-0.2, -0.15) is 5.26 Å². The summed E-state index contributed by atoms with van der Waals surface area (Å²) in [6.45, 7) is 4.01. The predicted octanol–water partition coefficient (Wildman–Crippen LogP) is 3.87. The first-order valence-corrected chi connectivity index (χ1v) is 8.09. The highest BCUT2D eigenvalue weighted by Gasteiger charge is 2.60. The summed E-state index contributed by atoms with van der Waals surface area (Å²) in [5, 5.41) is 30.1. The molecule has 122 valence electrons. The second-order valence-corrected chi connectivity index (χ2v) is 6.26. The van der Waals surface area contributed by atoms with Gasteiger partial charge in [0.2, 0.25) is 0 Å². The fourth-order valence-electron chi connectivity index (χ4n) is 3.38. The van der Waals surface area contributed by atoms with Crippen LogP contribution in [0.2, 0.25) is 0 Å². The third-order valence-electron chi connectivity index (χ3n) is 5.05. The first-order valence-electron chi connectivity index (χ1n) is 8.09. The van der Waals surface area contributed by atoms with Crippen molar-refractivity contribution in [3.8, 4) is 6.07 Å². The lowest BCUT2D eigenvalue weighted by atomic mass is 9.72. The fraction of sp³-hybridized carbons (Fsp3) is 0.474. The number of hydrogen-bond donors (Lipinski definition) is 2. The Morgan fingerprint density at radius 1 is 1.39 bits per heavy atom. The minimum Gasteiger partial charge on any atom is -0.478 e. The first kappa shape index (κ1) is 17.2. The van der Waals surface area contributed by atoms with Gasteiger partial charge in [-0.05, 0) is 30.4 Å². The molecule has 0 spiro atoms. The average molecular weight is 313 g/mol. The number of benzene rings is 1. The summed E-state index contributed by atoms with van der Waals surface area (Å²) in [6.07, 6.45) is 6.20. The van der Waals surface area contributed by atoms with Crippen LogP contribution in [0.15, 0.2) is 30.3 Å². The molecule has 1 fully saturated rings. The van der Waals surface area contributed by atoms with Gasteiger partial charge in [0, 0.05) is 0 Å². The molecule has 1 aromatic rings. The molecule has 0 heterocycles. The van der Waals surface area contributed by atoms with Crippen LogP contribution in [0.1, 0.15) is 55.5 Å². The number of carboxylic acids is 1. The van der Waals surface area contributed by atoms with Gasteiger partial charge in [-0.1, -0.05) is 57.0 Å². The van der Waals surface area contributed by atoms with Gasteiger partial charge in [-0.3, -0.25) is 0 Å². The number of hydrogen-bond acceptors (Lipinski definition) is 3. The van der Waals surface area contributed by atoms with Gasteiger partial charge in [-0.25, -0.2) is 4.79 Å². The first-order chi connectivity index (χ1) is 10.9. The van der Waals surface area contributed by atoms with E-state index in [0.29, 0.717) is 18.4 Å². The molecular weight excluding hydrogens is 290 g/mol. The minimum absolute atomic E-state index is 0.0297. The van der Waals surface area contributed by atoms with Gasteiger partial charge in [0.25, 0.3) is 0 Å². The van der Waals surface area contributed by atoms with Crippen LogP contribution in [-0.4, -0.2) is 21.8 Å². The van der Waals surface area contributed by atoms with E-state index in [4.69, 9.17) is 0 Å². The molecular formula is C19H23NO3. The Balaban J connectivity index is 2.44. The summed E-state index contributed by atoms with van der Waals surface area (Å²) in [7, 11) is 0. The van der Waals surface area contributed by atoms with E-state index >= 15 is 0 Å². The SMILES string of the molecule is CCC(CC)[C@@](O)(/C=C/c1ccccc1C(=O)O)C1(C#N)CC1. The molecule has 0 radical (unpaired) electrons. The molecule has 1 aliphatic rings. The Kier molecular flexibility index (Phi) is 4.91. The zero-order chi connectivity index (χ0) is 17.1. The van der Waals surface area contributed by atoms with Crippen molar-refractivity contribution in [2.45, 2.75) is 45.1 Å². The van der Waals surface area contributed by atoms with Crippen molar-refractivity contribution in [1.29, 1.82) is 5.26 Å². The van der Waals surface area contributed by atoms with Crippen LogP contribution in [0.5, 0.6) is 0 Å². The summed E-state index contributed by atoms with van der Waals surface area (Å²) in [4.78, 5) is 11.3. The van der Waals surface area contributed by atoms with Crippen LogP contribution in [0.3, 0.4) is 0 Å². The highest BCUT2D eigenvalue weighted by atomic mass is 16.4. The van der Waals surface area contributed by atoms with Crippen LogP contribution < -0.4 is 0 Å². The van der Waals surface area contributed by atoms with Crippen molar-refractivity contribution in [2.24, 2.45) is 11.3 Å². The summed E-state index contributed by atoms with van der Waals surface area (Å²) >= 11 is 0. The number of aromatic carboxylic acids is 1. The summed E-state index contributed by atoms with van der Waals surface area (Å²) in [5.41, 5.74) is -1.23. The molecule has 4 heteroatoms. The zero-order valence-electron chi connectivity index (χ0n) is 13.6. The third-order valence-corrected chi connectivity index (χ3v) is 5.05. The summed E-state index contributed by atoms with van der Waals surface area (Å²) in [5.74, 6) is -1.03. The van der Waals surface area contributed by atoms with E-state index < -0.39 is 17.0 Å². The molecule has 1 atom stereocenters. The van der Waals surface area contributed by atoms with Gasteiger partial charge in [0.05, 0.1) is 17.0 Å². The van der Waals surface area contributed by atoms with Crippen molar-refractivity contribution >= 4 is 12.0 Å². The summed E-state index contributed by atoms with van der Waals surface area (Å²) < 4.78 is 0. The molecule has 4 nitrogen and oxygen atoms in total.